The highest BCUT2D eigenvalue weighted by atomic mass is 32.1. The molecule has 2 rings (SSSR count). The van der Waals surface area contributed by atoms with Gasteiger partial charge in [0.2, 0.25) is 0 Å². The van der Waals surface area contributed by atoms with Crippen LogP contribution in [0.15, 0.2) is 12.2 Å². The maximum atomic E-state index is 6.57. The van der Waals surface area contributed by atoms with Crippen LogP contribution in [-0.4, -0.2) is 36.9 Å². The molecule has 0 amide bonds. The lowest BCUT2D eigenvalue weighted by Crippen LogP contribution is -2.64. The molecule has 0 aromatic carbocycles. The first-order chi connectivity index (χ1) is 9.15. The molecular weight excluding hydrogens is 282 g/mol. The van der Waals surface area contributed by atoms with E-state index in [2.05, 4.69) is 57.8 Å². The van der Waals surface area contributed by atoms with Crippen LogP contribution >= 0.6 is 12.2 Å². The molecule has 20 heavy (non-hydrogen) atoms. The molecule has 0 aliphatic carbocycles. The van der Waals surface area contributed by atoms with E-state index in [0.717, 1.165) is 24.4 Å². The van der Waals surface area contributed by atoms with Crippen molar-refractivity contribution in [2.45, 2.75) is 70.8 Å². The highest BCUT2D eigenvalue weighted by Gasteiger charge is 2.49. The Balaban J connectivity index is 2.05. The Hall–Kier alpha value is -0.193. The monoisotopic (exact) mass is 311 g/mol. The average Bonchev–Trinajstić information content (AvgIpc) is 2.49. The van der Waals surface area contributed by atoms with Gasteiger partial charge in [-0.25, -0.2) is 0 Å². The summed E-state index contributed by atoms with van der Waals surface area (Å²) in [6.45, 7) is 14.9. The largest absolute Gasteiger partial charge is 0.413 e. The molecule has 0 N–H and O–H groups in total. The maximum absolute atomic E-state index is 6.57. The van der Waals surface area contributed by atoms with Crippen LogP contribution < -0.4 is 0 Å². The molecule has 2 aliphatic heterocycles. The predicted molar refractivity (Wildman–Crippen MR) is 92.7 cm³/mol. The van der Waals surface area contributed by atoms with Crippen LogP contribution in [0.25, 0.3) is 0 Å². The van der Waals surface area contributed by atoms with Crippen molar-refractivity contribution in [3.63, 3.8) is 0 Å². The first kappa shape index (κ1) is 16.2. The number of nitrogens with zero attached hydrogens (tertiary/aromatic N) is 1. The molecule has 0 radical (unpaired) electrons. The van der Waals surface area contributed by atoms with Gasteiger partial charge in [0.05, 0.1) is 17.0 Å². The van der Waals surface area contributed by atoms with Gasteiger partial charge in [0, 0.05) is 12.6 Å². The first-order valence-corrected chi connectivity index (χ1v) is 11.1. The zero-order valence-electron chi connectivity index (χ0n) is 13.8. The Labute approximate surface area is 130 Å². The number of rotatable bonds is 3. The summed E-state index contributed by atoms with van der Waals surface area (Å²) in [5.41, 5.74) is 0. The van der Waals surface area contributed by atoms with Gasteiger partial charge >= 0.3 is 0 Å². The summed E-state index contributed by atoms with van der Waals surface area (Å²) < 4.78 is 6.57. The van der Waals surface area contributed by atoms with Crippen LogP contribution in [-0.2, 0) is 4.43 Å². The van der Waals surface area contributed by atoms with Crippen molar-refractivity contribution in [1.82, 2.24) is 4.90 Å². The molecule has 3 atom stereocenters. The fourth-order valence-corrected chi connectivity index (χ4v) is 4.98. The summed E-state index contributed by atoms with van der Waals surface area (Å²) in [6.07, 6.45) is 7.10. The topological polar surface area (TPSA) is 12.5 Å². The Morgan fingerprint density at radius 3 is 2.60 bits per heavy atom. The zero-order valence-corrected chi connectivity index (χ0v) is 15.6. The lowest BCUT2D eigenvalue weighted by atomic mass is 9.82. The number of hydrogen-bond donors (Lipinski definition) is 0. The van der Waals surface area contributed by atoms with Gasteiger partial charge in [-0.1, -0.05) is 45.1 Å². The minimum Gasteiger partial charge on any atom is -0.413 e. The predicted octanol–water partition coefficient (Wildman–Crippen LogP) is 4.37. The van der Waals surface area contributed by atoms with Crippen LogP contribution in [0.5, 0.6) is 0 Å². The second-order valence-corrected chi connectivity index (χ2v) is 12.9. The van der Waals surface area contributed by atoms with Crippen molar-refractivity contribution in [1.29, 1.82) is 0 Å². The second kappa shape index (κ2) is 5.54. The quantitative estimate of drug-likeness (QED) is 0.436. The number of fused-ring (bicyclic) bond motifs is 1. The summed E-state index contributed by atoms with van der Waals surface area (Å²) in [5, 5.41) is 0.260. The van der Waals surface area contributed by atoms with Crippen LogP contribution in [0.2, 0.25) is 18.1 Å². The van der Waals surface area contributed by atoms with E-state index in [9.17, 15) is 0 Å². The highest BCUT2D eigenvalue weighted by molar-refractivity contribution is 7.80. The van der Waals surface area contributed by atoms with Crippen molar-refractivity contribution in [2.75, 3.05) is 6.54 Å². The first-order valence-electron chi connectivity index (χ1n) is 7.78. The van der Waals surface area contributed by atoms with Gasteiger partial charge in [-0.15, -0.1) is 0 Å². The zero-order chi connectivity index (χ0) is 15.1. The van der Waals surface area contributed by atoms with Gasteiger partial charge in [0.15, 0.2) is 8.32 Å². The van der Waals surface area contributed by atoms with Crippen LogP contribution in [0, 0.1) is 5.92 Å². The second-order valence-electron chi connectivity index (χ2n) is 7.70. The maximum Gasteiger partial charge on any atom is 0.192 e. The molecule has 0 aromatic rings. The van der Waals surface area contributed by atoms with E-state index in [-0.39, 0.29) is 11.1 Å². The van der Waals surface area contributed by atoms with Crippen molar-refractivity contribution in [2.24, 2.45) is 5.92 Å². The van der Waals surface area contributed by atoms with Crippen molar-refractivity contribution in [3.05, 3.63) is 12.2 Å². The molecule has 0 aromatic heterocycles. The average molecular weight is 312 g/mol. The molecule has 0 spiro atoms. The van der Waals surface area contributed by atoms with Crippen LogP contribution in [0.3, 0.4) is 0 Å². The number of hydrogen-bond acceptors (Lipinski definition) is 2. The van der Waals surface area contributed by atoms with Gasteiger partial charge < -0.3 is 9.33 Å². The van der Waals surface area contributed by atoms with Gasteiger partial charge in [-0.2, -0.15) is 0 Å². The van der Waals surface area contributed by atoms with E-state index in [1.165, 1.54) is 0 Å². The molecule has 4 heteroatoms. The van der Waals surface area contributed by atoms with E-state index >= 15 is 0 Å². The summed E-state index contributed by atoms with van der Waals surface area (Å²) in [4.78, 5) is 3.54. The number of thiocarbonyl (C=S) groups is 1. The lowest BCUT2D eigenvalue weighted by molar-refractivity contribution is 0.0723. The van der Waals surface area contributed by atoms with E-state index in [1.807, 2.05) is 0 Å². The van der Waals surface area contributed by atoms with Crippen molar-refractivity contribution >= 4 is 25.5 Å². The molecule has 0 unspecified atom stereocenters. The molecule has 0 bridgehead atoms. The summed E-state index contributed by atoms with van der Waals surface area (Å²) in [7, 11) is -1.71. The minimum absolute atomic E-state index is 0.246. The van der Waals surface area contributed by atoms with E-state index in [1.54, 1.807) is 0 Å². The van der Waals surface area contributed by atoms with Gasteiger partial charge in [-0.3, -0.25) is 0 Å². The van der Waals surface area contributed by atoms with Crippen molar-refractivity contribution < 1.29 is 4.43 Å². The van der Waals surface area contributed by atoms with Crippen molar-refractivity contribution in [3.8, 4) is 0 Å². The van der Waals surface area contributed by atoms with Crippen LogP contribution in [0.4, 0.5) is 0 Å². The molecule has 2 heterocycles. The fraction of sp³-hybridized carbons (Fsp3) is 0.812. The highest BCUT2D eigenvalue weighted by Crippen LogP contribution is 2.41. The van der Waals surface area contributed by atoms with E-state index in [0.29, 0.717) is 12.0 Å². The fourth-order valence-electron chi connectivity index (χ4n) is 2.98. The third-order valence-corrected chi connectivity index (χ3v) is 10.3. The standard InChI is InChI=1S/C16H29NOSSi/c1-12(18-20(5,6)16(2,3)4)14-13-10-8-7-9-11-17(13)15(14)19/h7-8,12-14H,9-11H2,1-6H3/t12-,13-,14-/m1/s1. The molecule has 2 nitrogen and oxygen atoms in total. The molecule has 2 aliphatic rings. The van der Waals surface area contributed by atoms with Gasteiger partial charge in [0.1, 0.15) is 0 Å². The SMILES string of the molecule is C[C@@H](O[Si](C)(C)C(C)(C)C)[C@H]1C(=S)N2CCC=CC[C@H]12. The van der Waals surface area contributed by atoms with Gasteiger partial charge in [-0.05, 0) is 37.9 Å². The lowest BCUT2D eigenvalue weighted by Gasteiger charge is -2.53. The minimum atomic E-state index is -1.71. The molecule has 1 fully saturated rings. The Morgan fingerprint density at radius 1 is 1.35 bits per heavy atom. The van der Waals surface area contributed by atoms with Crippen LogP contribution in [0.1, 0.15) is 40.5 Å². The molecule has 0 saturated carbocycles. The smallest absolute Gasteiger partial charge is 0.192 e. The third-order valence-electron chi connectivity index (χ3n) is 5.26. The van der Waals surface area contributed by atoms with E-state index in [4.69, 9.17) is 16.6 Å². The summed E-state index contributed by atoms with van der Waals surface area (Å²) >= 11 is 5.66. The van der Waals surface area contributed by atoms with Gasteiger partial charge in [0.25, 0.3) is 0 Å². The Kier molecular flexibility index (Phi) is 4.48. The van der Waals surface area contributed by atoms with E-state index < -0.39 is 8.32 Å². The normalized spacial score (nSPS) is 28.7. The Bertz CT molecular complexity index is 413. The molecular formula is C16H29NOSSi. The summed E-state index contributed by atoms with van der Waals surface area (Å²) in [6, 6.07) is 0.570. The molecule has 114 valence electrons. The Morgan fingerprint density at radius 2 is 2.00 bits per heavy atom. The summed E-state index contributed by atoms with van der Waals surface area (Å²) in [5.74, 6) is 0.432. The molecule has 1 saturated heterocycles. The third kappa shape index (κ3) is 2.88.